The van der Waals surface area contributed by atoms with E-state index in [0.717, 1.165) is 51.4 Å². The third-order valence-corrected chi connectivity index (χ3v) is 17.9. The molecule has 6 nitrogen and oxygen atoms in total. The van der Waals surface area contributed by atoms with Crippen LogP contribution in [0.25, 0.3) is 0 Å². The van der Waals surface area contributed by atoms with Crippen molar-refractivity contribution in [3.8, 4) is 0 Å². The van der Waals surface area contributed by atoms with Gasteiger partial charge in [-0.1, -0.05) is 365 Å². The summed E-state index contributed by atoms with van der Waals surface area (Å²) in [4.78, 5) is 24.7. The molecule has 0 heterocycles. The predicted molar refractivity (Wildman–Crippen MR) is 370 cm³/mol. The molecule has 84 heavy (non-hydrogen) atoms. The van der Waals surface area contributed by atoms with Crippen LogP contribution in [0.1, 0.15) is 425 Å². The molecule has 0 radical (unpaired) electrons. The minimum Gasteiger partial charge on any atom is -0.466 e. The lowest BCUT2D eigenvalue weighted by Gasteiger charge is -2.22. The fourth-order valence-electron chi connectivity index (χ4n) is 12.1. The zero-order valence-corrected chi connectivity index (χ0v) is 56.9. The molecule has 1 amide bonds. The van der Waals surface area contributed by atoms with E-state index >= 15 is 0 Å². The molecule has 0 fully saturated rings. The fraction of sp³-hybridized carbons (Fsp3) is 0.897. The molecule has 0 saturated heterocycles. The van der Waals surface area contributed by atoms with Crippen molar-refractivity contribution in [2.45, 2.75) is 437 Å². The molecule has 0 spiro atoms. The quantitative estimate of drug-likeness (QED) is 0.0320. The third-order valence-electron chi connectivity index (χ3n) is 17.9. The molecule has 496 valence electrons. The number of hydrogen-bond donors (Lipinski definition) is 3. The van der Waals surface area contributed by atoms with E-state index in [9.17, 15) is 19.8 Å². The second kappa shape index (κ2) is 73.5. The summed E-state index contributed by atoms with van der Waals surface area (Å²) in [6, 6.07) is -0.546. The number of allylic oxidation sites excluding steroid dienone is 6. The molecule has 0 aromatic rings. The third kappa shape index (κ3) is 69.2. The highest BCUT2D eigenvalue weighted by atomic mass is 16.5. The van der Waals surface area contributed by atoms with Crippen molar-refractivity contribution in [1.29, 1.82) is 0 Å². The van der Waals surface area contributed by atoms with Crippen molar-refractivity contribution in [1.82, 2.24) is 5.32 Å². The van der Waals surface area contributed by atoms with Crippen LogP contribution in [0.4, 0.5) is 0 Å². The van der Waals surface area contributed by atoms with Crippen molar-refractivity contribution in [3.05, 3.63) is 36.5 Å². The Morgan fingerprint density at radius 2 is 0.595 bits per heavy atom. The first-order valence-corrected chi connectivity index (χ1v) is 38.2. The number of nitrogens with one attached hydrogen (secondary N) is 1. The van der Waals surface area contributed by atoms with Gasteiger partial charge < -0.3 is 20.3 Å². The summed E-state index contributed by atoms with van der Waals surface area (Å²) in [5.41, 5.74) is 0. The number of carbonyl (C=O) groups is 2. The highest BCUT2D eigenvalue weighted by molar-refractivity contribution is 5.76. The number of hydrogen-bond acceptors (Lipinski definition) is 5. The van der Waals surface area contributed by atoms with Crippen molar-refractivity contribution < 1.29 is 24.5 Å². The van der Waals surface area contributed by atoms with Crippen molar-refractivity contribution in [2.75, 3.05) is 13.2 Å². The maximum Gasteiger partial charge on any atom is 0.305 e. The Hall–Kier alpha value is -1.92. The van der Waals surface area contributed by atoms with Crippen LogP contribution in [0, 0.1) is 0 Å². The first kappa shape index (κ1) is 82.1. The van der Waals surface area contributed by atoms with Gasteiger partial charge in [0, 0.05) is 12.8 Å². The van der Waals surface area contributed by atoms with Gasteiger partial charge in [0.05, 0.1) is 25.4 Å². The van der Waals surface area contributed by atoms with Gasteiger partial charge in [0.15, 0.2) is 0 Å². The minimum atomic E-state index is -0.668. The van der Waals surface area contributed by atoms with Gasteiger partial charge in [-0.25, -0.2) is 0 Å². The molecular formula is C78H149NO5. The van der Waals surface area contributed by atoms with E-state index in [4.69, 9.17) is 4.74 Å². The van der Waals surface area contributed by atoms with Crippen LogP contribution in [0.3, 0.4) is 0 Å². The topological polar surface area (TPSA) is 95.9 Å². The van der Waals surface area contributed by atoms with Gasteiger partial charge in [-0.15, -0.1) is 0 Å². The lowest BCUT2D eigenvalue weighted by atomic mass is 10.0. The van der Waals surface area contributed by atoms with E-state index in [2.05, 4.69) is 55.6 Å². The van der Waals surface area contributed by atoms with E-state index in [1.54, 1.807) is 0 Å². The highest BCUT2D eigenvalue weighted by Crippen LogP contribution is 2.19. The molecule has 0 aliphatic heterocycles. The zero-order chi connectivity index (χ0) is 60.6. The second-order valence-corrected chi connectivity index (χ2v) is 26.3. The number of rotatable bonds is 72. The molecule has 0 rings (SSSR count). The average Bonchev–Trinajstić information content (AvgIpc) is 3.51. The van der Waals surface area contributed by atoms with Crippen molar-refractivity contribution in [3.63, 3.8) is 0 Å². The van der Waals surface area contributed by atoms with E-state index in [1.165, 1.54) is 340 Å². The summed E-state index contributed by atoms with van der Waals surface area (Å²) in [6.07, 6.45) is 95.0. The first-order chi connectivity index (χ1) is 41.5. The Labute approximate surface area is 525 Å². The van der Waals surface area contributed by atoms with Gasteiger partial charge in [-0.05, 0) is 83.5 Å². The molecule has 0 aromatic carbocycles. The molecule has 3 N–H and O–H groups in total. The maximum absolute atomic E-state index is 12.6. The molecule has 2 atom stereocenters. The Morgan fingerprint density at radius 3 is 0.917 bits per heavy atom. The maximum atomic E-state index is 12.6. The van der Waals surface area contributed by atoms with Crippen LogP contribution in [0.2, 0.25) is 0 Å². The number of amides is 1. The Balaban J connectivity index is 3.40. The van der Waals surface area contributed by atoms with E-state index in [1.807, 2.05) is 0 Å². The molecule has 0 bridgehead atoms. The number of ether oxygens (including phenoxy) is 1. The molecule has 0 saturated carbocycles. The van der Waals surface area contributed by atoms with Crippen molar-refractivity contribution >= 4 is 11.9 Å². The molecule has 0 aliphatic carbocycles. The first-order valence-electron chi connectivity index (χ1n) is 38.2. The second-order valence-electron chi connectivity index (χ2n) is 26.3. The van der Waals surface area contributed by atoms with Gasteiger partial charge in [0.1, 0.15) is 0 Å². The summed E-state index contributed by atoms with van der Waals surface area (Å²) < 4.78 is 5.51. The highest BCUT2D eigenvalue weighted by Gasteiger charge is 2.20. The van der Waals surface area contributed by atoms with E-state index < -0.39 is 12.1 Å². The van der Waals surface area contributed by atoms with Gasteiger partial charge in [-0.2, -0.15) is 0 Å². The number of esters is 1. The summed E-state index contributed by atoms with van der Waals surface area (Å²) in [6.45, 7) is 4.99. The molecule has 0 aliphatic rings. The molecule has 2 unspecified atom stereocenters. The lowest BCUT2D eigenvalue weighted by Crippen LogP contribution is -2.45. The van der Waals surface area contributed by atoms with Gasteiger partial charge in [-0.3, -0.25) is 9.59 Å². The zero-order valence-electron chi connectivity index (χ0n) is 56.9. The Bertz CT molecular complexity index is 1360. The van der Waals surface area contributed by atoms with E-state index in [-0.39, 0.29) is 18.5 Å². The van der Waals surface area contributed by atoms with E-state index in [0.29, 0.717) is 25.9 Å². The van der Waals surface area contributed by atoms with Crippen LogP contribution < -0.4 is 5.32 Å². The Kier molecular flexibility index (Phi) is 71.9. The fourth-order valence-corrected chi connectivity index (χ4v) is 12.1. The number of carbonyl (C=O) groups excluding carboxylic acids is 2. The average molecular weight is 1180 g/mol. The summed E-state index contributed by atoms with van der Waals surface area (Å²) in [5.74, 6) is -0.0227. The largest absolute Gasteiger partial charge is 0.466 e. The predicted octanol–water partition coefficient (Wildman–Crippen LogP) is 25.0. The minimum absolute atomic E-state index is 0.0111. The smallest absolute Gasteiger partial charge is 0.305 e. The normalized spacial score (nSPS) is 12.7. The molecule has 6 heteroatoms. The molecular weight excluding hydrogens is 1030 g/mol. The SMILES string of the molecule is CCCCCCCC/C=C\CCCCCCCCCCCC(=O)OCCCCCCCCCCC/C=C\C/C=C\CCCCCCCCCCCCCC(=O)NC(CO)C(O)CCCCCCCCCCCCCCCCCCCCCCC. The van der Waals surface area contributed by atoms with Gasteiger partial charge >= 0.3 is 5.97 Å². The van der Waals surface area contributed by atoms with Crippen LogP contribution in [-0.2, 0) is 14.3 Å². The van der Waals surface area contributed by atoms with Gasteiger partial charge in [0.2, 0.25) is 5.91 Å². The van der Waals surface area contributed by atoms with Crippen LogP contribution >= 0.6 is 0 Å². The summed E-state index contributed by atoms with van der Waals surface area (Å²) in [5, 5.41) is 23.4. The lowest BCUT2D eigenvalue weighted by molar-refractivity contribution is -0.143. The number of unbranched alkanes of at least 4 members (excludes halogenated alkanes) is 55. The van der Waals surface area contributed by atoms with Gasteiger partial charge in [0.25, 0.3) is 0 Å². The standard InChI is InChI=1S/C78H149NO5/c1-3-5-7-9-11-13-15-17-19-21-23-31-35-38-42-46-50-54-58-62-66-70-76(81)75(74-80)79-77(82)71-67-63-59-55-51-47-43-39-36-32-29-27-25-24-26-28-30-33-37-41-45-49-53-57-61-65-69-73-84-78(83)72-68-64-60-56-52-48-44-40-34-22-20-18-16-14-12-10-8-6-4-2/h18,20,24-25,28,30,75-76,80-81H,3-17,19,21-23,26-27,29,31-74H2,1-2H3,(H,79,82)/b20-18-,25-24-,30-28-. The molecule has 0 aromatic heterocycles. The number of aliphatic hydroxyl groups excluding tert-OH is 2. The number of aliphatic hydroxyl groups is 2. The Morgan fingerprint density at radius 1 is 0.333 bits per heavy atom. The summed E-state index contributed by atoms with van der Waals surface area (Å²) >= 11 is 0. The van der Waals surface area contributed by atoms with Crippen LogP contribution in [0.5, 0.6) is 0 Å². The van der Waals surface area contributed by atoms with Crippen molar-refractivity contribution in [2.24, 2.45) is 0 Å². The summed E-state index contributed by atoms with van der Waals surface area (Å²) in [7, 11) is 0. The van der Waals surface area contributed by atoms with Crippen LogP contribution in [-0.4, -0.2) is 47.4 Å². The van der Waals surface area contributed by atoms with Crippen LogP contribution in [0.15, 0.2) is 36.5 Å². The monoisotopic (exact) mass is 1180 g/mol.